The molecule has 0 aromatic heterocycles. The van der Waals surface area contributed by atoms with Gasteiger partial charge in [-0.2, -0.15) is 0 Å². The highest BCUT2D eigenvalue weighted by Crippen LogP contribution is 2.53. The molecule has 0 radical (unpaired) electrons. The van der Waals surface area contributed by atoms with Crippen LogP contribution in [-0.2, 0) is 10.8 Å². The number of nitrogens with zero attached hydrogens (tertiary/aromatic N) is 3. The zero-order valence-electron chi connectivity index (χ0n) is 61.5. The molecule has 8 aromatic rings. The Kier molecular flexibility index (Phi) is 14.6. The first kappa shape index (κ1) is 63.6. The molecule has 6 heterocycles. The van der Waals surface area contributed by atoms with Crippen LogP contribution in [0.4, 0.5) is 34.1 Å². The van der Waals surface area contributed by atoms with E-state index in [1.807, 2.05) is 0 Å². The minimum Gasteiger partial charge on any atom is -0.487 e. The lowest BCUT2D eigenvalue weighted by atomic mass is 9.28. The third-order valence-corrected chi connectivity index (χ3v) is 24.9. The summed E-state index contributed by atoms with van der Waals surface area (Å²) in [6.07, 6.45) is 28.6. The lowest BCUT2D eigenvalue weighted by Crippen LogP contribution is -2.60. The fourth-order valence-electron chi connectivity index (χ4n) is 19.4. The zero-order valence-corrected chi connectivity index (χ0v) is 61.5. The highest BCUT2D eigenvalue weighted by atomic mass is 16.5. The number of benzene rings is 8. The number of ether oxygens (including phenoxy) is 3. The van der Waals surface area contributed by atoms with Crippen LogP contribution in [0.15, 0.2) is 240 Å². The largest absolute Gasteiger partial charge is 0.487 e. The van der Waals surface area contributed by atoms with Gasteiger partial charge < -0.3 is 28.9 Å². The van der Waals surface area contributed by atoms with Gasteiger partial charge in [-0.05, 0) is 243 Å². The van der Waals surface area contributed by atoms with E-state index in [0.29, 0.717) is 5.92 Å². The van der Waals surface area contributed by atoms with E-state index in [9.17, 15) is 0 Å². The third kappa shape index (κ3) is 10.3. The Balaban J connectivity index is 0.825. The van der Waals surface area contributed by atoms with Crippen molar-refractivity contribution in [1.82, 2.24) is 0 Å². The van der Waals surface area contributed by atoms with Gasteiger partial charge in [-0.25, -0.2) is 0 Å². The Morgan fingerprint density at radius 2 is 1.17 bits per heavy atom. The molecule has 19 rings (SSSR count). The summed E-state index contributed by atoms with van der Waals surface area (Å²) in [5.41, 5.74) is 34.1. The molecule has 6 nitrogen and oxygen atoms in total. The first-order chi connectivity index (χ1) is 49.1. The summed E-state index contributed by atoms with van der Waals surface area (Å²) in [4.78, 5) is 7.91. The molecule has 6 aliphatic heterocycles. The molecule has 6 atom stereocenters. The quantitative estimate of drug-likeness (QED) is 0.122. The summed E-state index contributed by atoms with van der Waals surface area (Å²) in [5.74, 6) is 4.71. The highest BCUT2D eigenvalue weighted by Gasteiger charge is 2.52. The zero-order chi connectivity index (χ0) is 69.6. The van der Waals surface area contributed by atoms with E-state index in [4.69, 9.17) is 14.2 Å². The third-order valence-electron chi connectivity index (χ3n) is 24.9. The number of anilines is 6. The average Bonchev–Trinajstić information content (AvgIpc) is 0.720. The van der Waals surface area contributed by atoms with Crippen molar-refractivity contribution in [3.8, 4) is 23.0 Å². The lowest BCUT2D eigenvalue weighted by Gasteiger charge is -2.49. The molecule has 0 bridgehead atoms. The van der Waals surface area contributed by atoms with Crippen molar-refractivity contribution in [3.05, 3.63) is 273 Å². The van der Waals surface area contributed by atoms with Gasteiger partial charge >= 0.3 is 0 Å². The number of hydrogen-bond acceptors (Lipinski definition) is 6. The summed E-state index contributed by atoms with van der Waals surface area (Å²) in [5, 5.41) is 0. The molecule has 506 valence electrons. The molecule has 0 saturated carbocycles. The van der Waals surface area contributed by atoms with Gasteiger partial charge in [0.2, 0.25) is 6.71 Å². The molecule has 8 aromatic carbocycles. The van der Waals surface area contributed by atoms with Gasteiger partial charge in [-0.3, -0.25) is 0 Å². The van der Waals surface area contributed by atoms with Gasteiger partial charge in [0.15, 0.2) is 0 Å². The summed E-state index contributed by atoms with van der Waals surface area (Å²) >= 11 is 0. The van der Waals surface area contributed by atoms with E-state index in [1.54, 1.807) is 0 Å². The molecular weight excluding hydrogens is 1240 g/mol. The number of allylic oxidation sites excluding steroid dienone is 12. The van der Waals surface area contributed by atoms with Crippen molar-refractivity contribution >= 4 is 98.2 Å². The predicted molar refractivity (Wildman–Crippen MR) is 430 cm³/mol. The first-order valence-electron chi connectivity index (χ1n) is 38.2. The van der Waals surface area contributed by atoms with Gasteiger partial charge in [0, 0.05) is 57.3 Å². The second kappa shape index (κ2) is 23.3. The molecule has 0 spiro atoms. The van der Waals surface area contributed by atoms with Crippen LogP contribution in [0.2, 0.25) is 5.82 Å². The van der Waals surface area contributed by atoms with Crippen molar-refractivity contribution in [2.24, 2.45) is 17.3 Å². The standard InChI is InChI=1S/C93H92B3N3O3/c1-55-22-34-67(35-23-55)97-76-40-28-58(49-70(76)94-73-52-64(91(4,5)6)31-43-82(73)100-85-19-13-16-79(97)88(85)94)61-46-62(59-29-41-77-71(50-59)95-74-53-65(92(7,8)9)32-44-83(74)101-86-20-14-17-80(89(86)95)98(77)68-36-24-56(2)25-37-68)48-63(47-61)60-30-42-78-72(51-60)96-75-54-66(93(10,11)12)33-45-84(75)102-87-21-15-18-81(90(87)96)99(78)69-38-26-57(3)27-39-69/h13-14,16-17,19-20,22-26,28,30-38,40,42-45,47-54,57,62,69,74,83,87H,15,18,21,27,29,39,41,46H2,1-12H3. The van der Waals surface area contributed by atoms with Gasteiger partial charge in [0.1, 0.15) is 35.2 Å². The van der Waals surface area contributed by atoms with Crippen LogP contribution >= 0.6 is 0 Å². The van der Waals surface area contributed by atoms with Crippen molar-refractivity contribution in [1.29, 1.82) is 0 Å². The van der Waals surface area contributed by atoms with E-state index in [-0.39, 0.29) is 66.4 Å². The van der Waals surface area contributed by atoms with E-state index in [2.05, 4.69) is 304 Å². The van der Waals surface area contributed by atoms with Crippen molar-refractivity contribution in [2.45, 2.75) is 169 Å². The fraction of sp³-hybridized carbons (Fsp3) is 0.312. The number of fused-ring (bicyclic) bond motifs is 11. The van der Waals surface area contributed by atoms with Gasteiger partial charge in [-0.1, -0.05) is 219 Å². The maximum atomic E-state index is 7.27. The maximum absolute atomic E-state index is 7.27. The average molecular weight is 1330 g/mol. The highest BCUT2D eigenvalue weighted by molar-refractivity contribution is 6.99. The lowest BCUT2D eigenvalue weighted by molar-refractivity contribution is 0.218. The summed E-state index contributed by atoms with van der Waals surface area (Å²) in [6, 6.07) is 61.4. The molecule has 11 aliphatic rings. The number of aryl methyl sites for hydroxylation is 2. The van der Waals surface area contributed by atoms with Crippen molar-refractivity contribution in [3.63, 3.8) is 0 Å². The minimum atomic E-state index is -0.0779. The summed E-state index contributed by atoms with van der Waals surface area (Å²) in [6.45, 7) is 28.0. The first-order valence-corrected chi connectivity index (χ1v) is 38.2. The Labute approximate surface area is 606 Å². The summed E-state index contributed by atoms with van der Waals surface area (Å²) < 4.78 is 21.5. The normalized spacial score (nSPS) is 22.6. The summed E-state index contributed by atoms with van der Waals surface area (Å²) in [7, 11) is 0. The van der Waals surface area contributed by atoms with Crippen molar-refractivity contribution in [2.75, 3.05) is 14.7 Å². The van der Waals surface area contributed by atoms with Crippen LogP contribution in [0.3, 0.4) is 0 Å². The van der Waals surface area contributed by atoms with Crippen LogP contribution in [-0.4, -0.2) is 38.4 Å². The Morgan fingerprint density at radius 1 is 0.500 bits per heavy atom. The van der Waals surface area contributed by atoms with E-state index in [1.165, 1.54) is 146 Å². The smallest absolute Gasteiger partial charge is 0.256 e. The molecule has 0 saturated heterocycles. The van der Waals surface area contributed by atoms with E-state index >= 15 is 0 Å². The minimum absolute atomic E-state index is 0.0209. The van der Waals surface area contributed by atoms with Crippen molar-refractivity contribution < 1.29 is 14.2 Å². The Morgan fingerprint density at radius 3 is 1.88 bits per heavy atom. The molecule has 102 heavy (non-hydrogen) atoms. The monoisotopic (exact) mass is 1330 g/mol. The van der Waals surface area contributed by atoms with Gasteiger partial charge in [0.25, 0.3) is 13.4 Å². The van der Waals surface area contributed by atoms with Crippen LogP contribution in [0.5, 0.6) is 23.0 Å². The molecule has 0 fully saturated rings. The topological polar surface area (TPSA) is 37.4 Å². The number of hydrogen-bond donors (Lipinski definition) is 0. The van der Waals surface area contributed by atoms with E-state index in [0.717, 1.165) is 73.6 Å². The molecule has 0 N–H and O–H groups in total. The molecule has 9 heteroatoms. The van der Waals surface area contributed by atoms with Crippen LogP contribution in [0.25, 0.3) is 11.1 Å². The predicted octanol–water partition coefficient (Wildman–Crippen LogP) is 19.1. The molecular formula is C93H92B3N3O3. The fourth-order valence-corrected chi connectivity index (χ4v) is 19.4. The maximum Gasteiger partial charge on any atom is 0.256 e. The van der Waals surface area contributed by atoms with Crippen LogP contribution in [0, 0.1) is 31.1 Å². The van der Waals surface area contributed by atoms with E-state index < -0.39 is 0 Å². The second-order valence-electron chi connectivity index (χ2n) is 34.6. The number of rotatable bonds is 6. The molecule has 6 unspecified atom stereocenters. The Hall–Kier alpha value is -9.33. The van der Waals surface area contributed by atoms with Crippen LogP contribution in [0.1, 0.15) is 154 Å². The molecule has 5 aliphatic carbocycles. The van der Waals surface area contributed by atoms with Gasteiger partial charge in [-0.15, -0.1) is 0 Å². The SMILES string of the molecule is Cc1ccc(N2C3=C(C=C(C4C=C(c5ccc6c(c5)B5C7=C(CCCC7Oc7ccc(C(C)(C)C)cc75)N6C5C=CC(C)CC5)C=C(c5ccc6c(c5)B5c7cc(C(C)(C)C)ccc7Oc7cccc(c75)N6c5ccc(C)cc5)C4)CC3)B3c4c(cccc42)OC2C=CC(C(C)(C)C)=CC32)cc1. The van der Waals surface area contributed by atoms with Crippen LogP contribution < -0.4 is 61.7 Å². The van der Waals surface area contributed by atoms with Gasteiger partial charge in [0.05, 0.1) is 6.04 Å². The Bertz CT molecular complexity index is 5150. The second-order valence-corrected chi connectivity index (χ2v) is 34.6. The molecule has 0 amide bonds.